The molecular formula is C16H29N3O2S2. The molecule has 2 rings (SSSR count). The van der Waals surface area contributed by atoms with E-state index in [1.54, 1.807) is 15.6 Å². The standard InChI is InChI=1S/C16H29N3O2S2/c1-4-18(5-2)16(15-8-10-22-13-15)11-17-23(20,21)19-9-6-7-14(3)12-19/h8,10,13-14,16-17H,4-7,9,11-12H2,1-3H3. The lowest BCUT2D eigenvalue weighted by Crippen LogP contribution is -2.47. The zero-order valence-electron chi connectivity index (χ0n) is 14.4. The normalized spacial score (nSPS) is 21.7. The van der Waals surface area contributed by atoms with E-state index in [1.807, 2.05) is 5.38 Å². The van der Waals surface area contributed by atoms with E-state index < -0.39 is 10.2 Å². The molecule has 23 heavy (non-hydrogen) atoms. The Labute approximate surface area is 144 Å². The topological polar surface area (TPSA) is 52.7 Å². The van der Waals surface area contributed by atoms with Crippen molar-refractivity contribution < 1.29 is 8.42 Å². The molecule has 1 aromatic heterocycles. The highest BCUT2D eigenvalue weighted by molar-refractivity contribution is 7.87. The van der Waals surface area contributed by atoms with E-state index in [4.69, 9.17) is 0 Å². The van der Waals surface area contributed by atoms with Gasteiger partial charge in [-0.3, -0.25) is 4.90 Å². The van der Waals surface area contributed by atoms with E-state index in [9.17, 15) is 8.42 Å². The van der Waals surface area contributed by atoms with Crippen LogP contribution in [0.4, 0.5) is 0 Å². The summed E-state index contributed by atoms with van der Waals surface area (Å²) in [4.78, 5) is 2.30. The summed E-state index contributed by atoms with van der Waals surface area (Å²) in [5.41, 5.74) is 1.19. The second-order valence-corrected chi connectivity index (χ2v) is 8.79. The van der Waals surface area contributed by atoms with E-state index >= 15 is 0 Å². The van der Waals surface area contributed by atoms with Gasteiger partial charge >= 0.3 is 0 Å². The number of hydrogen-bond donors (Lipinski definition) is 1. The third-order valence-electron chi connectivity index (χ3n) is 4.60. The predicted octanol–water partition coefficient (Wildman–Crippen LogP) is 2.70. The molecular weight excluding hydrogens is 330 g/mol. The molecule has 132 valence electrons. The first-order valence-corrected chi connectivity index (χ1v) is 10.9. The van der Waals surface area contributed by atoms with Crippen molar-refractivity contribution in [3.63, 3.8) is 0 Å². The van der Waals surface area contributed by atoms with Gasteiger partial charge in [0.05, 0.1) is 0 Å². The Morgan fingerprint density at radius 1 is 1.43 bits per heavy atom. The van der Waals surface area contributed by atoms with Gasteiger partial charge in [-0.2, -0.15) is 24.1 Å². The molecule has 0 radical (unpaired) electrons. The smallest absolute Gasteiger partial charge is 0.279 e. The van der Waals surface area contributed by atoms with Crippen molar-refractivity contribution in [2.75, 3.05) is 32.7 Å². The molecule has 2 atom stereocenters. The molecule has 7 heteroatoms. The van der Waals surface area contributed by atoms with Crippen LogP contribution in [0.2, 0.25) is 0 Å². The number of likely N-dealkylation sites (N-methyl/N-ethyl adjacent to an activating group) is 1. The van der Waals surface area contributed by atoms with Crippen LogP contribution in [0.1, 0.15) is 45.2 Å². The van der Waals surface area contributed by atoms with E-state index in [2.05, 4.69) is 41.8 Å². The van der Waals surface area contributed by atoms with Gasteiger partial charge in [-0.1, -0.05) is 20.8 Å². The van der Waals surface area contributed by atoms with Gasteiger partial charge in [0.2, 0.25) is 0 Å². The van der Waals surface area contributed by atoms with Gasteiger partial charge in [-0.05, 0) is 54.2 Å². The molecule has 0 amide bonds. The first-order chi connectivity index (χ1) is 11.0. The van der Waals surface area contributed by atoms with E-state index in [0.29, 0.717) is 25.6 Å². The lowest BCUT2D eigenvalue weighted by molar-refractivity contribution is 0.217. The average molecular weight is 360 g/mol. The molecule has 1 saturated heterocycles. The van der Waals surface area contributed by atoms with Gasteiger partial charge in [0.15, 0.2) is 0 Å². The van der Waals surface area contributed by atoms with Crippen LogP contribution in [0.5, 0.6) is 0 Å². The summed E-state index contributed by atoms with van der Waals surface area (Å²) in [6.45, 7) is 9.83. The van der Waals surface area contributed by atoms with Crippen molar-refractivity contribution in [1.29, 1.82) is 0 Å². The van der Waals surface area contributed by atoms with Crippen molar-refractivity contribution in [2.45, 2.75) is 39.7 Å². The Balaban J connectivity index is 2.05. The minimum atomic E-state index is -3.39. The zero-order chi connectivity index (χ0) is 16.9. The fourth-order valence-corrected chi connectivity index (χ4v) is 5.31. The highest BCUT2D eigenvalue weighted by Gasteiger charge is 2.28. The molecule has 5 nitrogen and oxygen atoms in total. The number of piperidine rings is 1. The quantitative estimate of drug-likeness (QED) is 0.776. The monoisotopic (exact) mass is 359 g/mol. The number of nitrogens with zero attached hydrogens (tertiary/aromatic N) is 2. The third-order valence-corrected chi connectivity index (χ3v) is 6.84. The summed E-state index contributed by atoms with van der Waals surface area (Å²) in [7, 11) is -3.39. The van der Waals surface area contributed by atoms with Crippen molar-refractivity contribution in [2.24, 2.45) is 5.92 Å². The Morgan fingerprint density at radius 3 is 2.74 bits per heavy atom. The third kappa shape index (κ3) is 5.00. The fraction of sp³-hybridized carbons (Fsp3) is 0.750. The highest BCUT2D eigenvalue weighted by Crippen LogP contribution is 2.23. The van der Waals surface area contributed by atoms with Crippen LogP contribution >= 0.6 is 11.3 Å². The SMILES string of the molecule is CCN(CC)C(CNS(=O)(=O)N1CCCC(C)C1)c1ccsc1. The Hall–Kier alpha value is -0.470. The lowest BCUT2D eigenvalue weighted by Gasteiger charge is -2.33. The maximum absolute atomic E-state index is 12.6. The highest BCUT2D eigenvalue weighted by atomic mass is 32.2. The molecule has 2 unspecified atom stereocenters. The Bertz CT molecular complexity index is 556. The maximum Gasteiger partial charge on any atom is 0.279 e. The van der Waals surface area contributed by atoms with Gasteiger partial charge < -0.3 is 0 Å². The largest absolute Gasteiger partial charge is 0.296 e. The fourth-order valence-electron chi connectivity index (χ4n) is 3.23. The van der Waals surface area contributed by atoms with Crippen LogP contribution in [-0.2, 0) is 10.2 Å². The first-order valence-electron chi connectivity index (χ1n) is 8.48. The maximum atomic E-state index is 12.6. The second-order valence-electron chi connectivity index (χ2n) is 6.25. The summed E-state index contributed by atoms with van der Waals surface area (Å²) in [6.07, 6.45) is 2.06. The van der Waals surface area contributed by atoms with Crippen LogP contribution < -0.4 is 4.72 Å². The first kappa shape index (κ1) is 18.9. The minimum Gasteiger partial charge on any atom is -0.296 e. The van der Waals surface area contributed by atoms with Crippen LogP contribution in [0.25, 0.3) is 0 Å². The van der Waals surface area contributed by atoms with E-state index in [1.165, 1.54) is 5.56 Å². The van der Waals surface area contributed by atoms with Gasteiger partial charge in [-0.15, -0.1) is 0 Å². The van der Waals surface area contributed by atoms with Gasteiger partial charge in [0.1, 0.15) is 0 Å². The second kappa shape index (κ2) is 8.58. The number of hydrogen-bond acceptors (Lipinski definition) is 4. The number of thiophene rings is 1. The molecule has 1 fully saturated rings. The zero-order valence-corrected chi connectivity index (χ0v) is 16.0. The summed E-state index contributed by atoms with van der Waals surface area (Å²) in [5, 5.41) is 4.16. The minimum absolute atomic E-state index is 0.0910. The summed E-state index contributed by atoms with van der Waals surface area (Å²) in [5.74, 6) is 0.441. The van der Waals surface area contributed by atoms with Crippen molar-refractivity contribution in [1.82, 2.24) is 13.9 Å². The molecule has 1 aliphatic heterocycles. The Kier molecular flexibility index (Phi) is 7.03. The average Bonchev–Trinajstić information content (AvgIpc) is 3.05. The van der Waals surface area contributed by atoms with Crippen molar-refractivity contribution >= 4 is 21.5 Å². The van der Waals surface area contributed by atoms with Gasteiger partial charge in [-0.25, -0.2) is 4.72 Å². The number of rotatable bonds is 8. The van der Waals surface area contributed by atoms with Crippen LogP contribution in [0.3, 0.4) is 0 Å². The van der Waals surface area contributed by atoms with E-state index in [0.717, 1.165) is 25.9 Å². The van der Waals surface area contributed by atoms with E-state index in [-0.39, 0.29) is 6.04 Å². The molecule has 0 spiro atoms. The molecule has 0 aromatic carbocycles. The molecule has 0 saturated carbocycles. The molecule has 1 aromatic rings. The van der Waals surface area contributed by atoms with Crippen molar-refractivity contribution in [3.05, 3.63) is 22.4 Å². The summed E-state index contributed by atoms with van der Waals surface area (Å²) < 4.78 is 29.7. The Morgan fingerprint density at radius 2 is 2.17 bits per heavy atom. The molecule has 0 aliphatic carbocycles. The lowest BCUT2D eigenvalue weighted by atomic mass is 10.0. The van der Waals surface area contributed by atoms with Crippen LogP contribution in [0, 0.1) is 5.92 Å². The summed E-state index contributed by atoms with van der Waals surface area (Å²) in [6, 6.07) is 2.18. The molecule has 0 bridgehead atoms. The summed E-state index contributed by atoms with van der Waals surface area (Å²) >= 11 is 1.65. The molecule has 1 N–H and O–H groups in total. The van der Waals surface area contributed by atoms with Gasteiger partial charge in [0.25, 0.3) is 10.2 Å². The molecule has 2 heterocycles. The predicted molar refractivity (Wildman–Crippen MR) is 96.9 cm³/mol. The number of nitrogens with one attached hydrogen (secondary N) is 1. The molecule has 1 aliphatic rings. The van der Waals surface area contributed by atoms with Crippen LogP contribution in [-0.4, -0.2) is 50.3 Å². The van der Waals surface area contributed by atoms with Gasteiger partial charge in [0, 0.05) is 25.7 Å². The van der Waals surface area contributed by atoms with Crippen LogP contribution in [0.15, 0.2) is 16.8 Å². The van der Waals surface area contributed by atoms with Crippen molar-refractivity contribution in [3.8, 4) is 0 Å².